The number of furan rings is 1. The molecule has 9 rings (SSSR count). The van der Waals surface area contributed by atoms with Gasteiger partial charge < -0.3 is 8.98 Å². The first-order valence-corrected chi connectivity index (χ1v) is 16.6. The second kappa shape index (κ2) is 13.5. The topological polar surface area (TPSA) is 56.7 Å². The lowest BCUT2D eigenvalue weighted by atomic mass is 9.64. The molecule has 0 atom stereocenters. The minimum atomic E-state index is 0.172. The van der Waals surface area contributed by atoms with Gasteiger partial charge in [0.25, 0.3) is 0 Å². The zero-order valence-corrected chi connectivity index (χ0v) is 28.6. The van der Waals surface area contributed by atoms with Crippen molar-refractivity contribution in [3.63, 3.8) is 0 Å². The van der Waals surface area contributed by atoms with Crippen molar-refractivity contribution in [2.24, 2.45) is 0 Å². The summed E-state index contributed by atoms with van der Waals surface area (Å²) < 4.78 is 8.33. The summed E-state index contributed by atoms with van der Waals surface area (Å²) in [5.74, 6) is 1.67. The third-order valence-corrected chi connectivity index (χ3v) is 9.44. The Kier molecular flexibility index (Phi) is 8.77. The van der Waals surface area contributed by atoms with Crippen LogP contribution in [0.15, 0.2) is 108 Å². The van der Waals surface area contributed by atoms with E-state index in [-0.39, 0.29) is 32.8 Å². The van der Waals surface area contributed by atoms with E-state index < -0.39 is 0 Å². The van der Waals surface area contributed by atoms with Crippen molar-refractivity contribution in [2.45, 2.75) is 6.82 Å². The zero-order chi connectivity index (χ0) is 37.1. The molecule has 0 unspecified atom stereocenters. The zero-order valence-electron chi connectivity index (χ0n) is 28.6. The van der Waals surface area contributed by atoms with E-state index in [2.05, 4.69) is 7.85 Å². The minimum Gasteiger partial charge on any atom is -0.456 e. The van der Waals surface area contributed by atoms with Crippen LogP contribution >= 0.6 is 0 Å². The average Bonchev–Trinajstić information content (AvgIpc) is 3.75. The standard InChI is InChI=1S/C39H17B7N4O.CH3B/c40-24-17-25-28(31(42)30(24)41)29-32(43)33(44)34(45)35(46)36(29)50(25)21-12-14-26-23(16-21)22-13-11-20(15-27(22)51-26)39-48-37(18-7-3-1-4-8-18)47-38(49-39)19-9-5-2-6-10-19;1-2/h1-17H;1H3. The highest BCUT2D eigenvalue weighted by Crippen LogP contribution is 2.35. The summed E-state index contributed by atoms with van der Waals surface area (Å²) in [6.07, 6.45) is 0. The molecule has 0 fully saturated rings. The SMILES string of the molecule is [B]C.[B]c1cc2c(c([B])c1[B])c1c([B])c([B])c([B])c([B])c1n2-c1ccc2oc3cc(-c4nc(-c5ccccc5)nc(-c5ccccc5)n4)ccc3c2c1. The quantitative estimate of drug-likeness (QED) is 0.270. The molecular weight excluding hydrogens is 639 g/mol. The van der Waals surface area contributed by atoms with Crippen molar-refractivity contribution in [1.82, 2.24) is 19.5 Å². The molecule has 9 aromatic rings. The number of aromatic nitrogens is 4. The summed E-state index contributed by atoms with van der Waals surface area (Å²) in [4.78, 5) is 14.6. The fourth-order valence-electron chi connectivity index (χ4n) is 6.83. The van der Waals surface area contributed by atoms with Crippen LogP contribution in [-0.2, 0) is 0 Å². The molecule has 0 N–H and O–H groups in total. The van der Waals surface area contributed by atoms with Gasteiger partial charge in [-0.1, -0.05) is 89.9 Å². The van der Waals surface area contributed by atoms with Crippen LogP contribution in [0.4, 0.5) is 0 Å². The lowest BCUT2D eigenvalue weighted by Crippen LogP contribution is -2.48. The second-order valence-electron chi connectivity index (χ2n) is 12.4. The van der Waals surface area contributed by atoms with Gasteiger partial charge in [0.1, 0.15) is 66.1 Å². The molecule has 0 bridgehead atoms. The second-order valence-corrected chi connectivity index (χ2v) is 12.4. The highest BCUT2D eigenvalue weighted by molar-refractivity contribution is 6.69. The van der Waals surface area contributed by atoms with E-state index in [4.69, 9.17) is 74.3 Å². The van der Waals surface area contributed by atoms with Gasteiger partial charge in [0.2, 0.25) is 0 Å². The van der Waals surface area contributed by atoms with Crippen LogP contribution in [0.2, 0.25) is 6.82 Å². The first kappa shape index (κ1) is 34.5. The van der Waals surface area contributed by atoms with E-state index in [9.17, 15) is 0 Å². The number of benzene rings is 6. The van der Waals surface area contributed by atoms with Gasteiger partial charge in [-0.3, -0.25) is 0 Å². The molecule has 0 aliphatic heterocycles. The maximum absolute atomic E-state index is 6.65. The summed E-state index contributed by atoms with van der Waals surface area (Å²) in [7, 11) is 49.5. The Balaban J connectivity index is 0.00000197. The molecule has 230 valence electrons. The largest absolute Gasteiger partial charge is 0.456 e. The lowest BCUT2D eigenvalue weighted by molar-refractivity contribution is 0.669. The first-order valence-electron chi connectivity index (χ1n) is 16.6. The van der Waals surface area contributed by atoms with Crippen molar-refractivity contribution < 1.29 is 4.42 Å². The normalized spacial score (nSPS) is 11.3. The highest BCUT2D eigenvalue weighted by atomic mass is 16.3. The molecule has 3 heterocycles. The van der Waals surface area contributed by atoms with Gasteiger partial charge in [0, 0.05) is 38.7 Å². The first-order chi connectivity index (χ1) is 25.7. The molecule has 0 amide bonds. The predicted octanol–water partition coefficient (Wildman–Crippen LogP) is 1.63. The third kappa shape index (κ3) is 5.56. The Morgan fingerprint density at radius 3 is 1.66 bits per heavy atom. The molecule has 0 saturated carbocycles. The van der Waals surface area contributed by atoms with Crippen LogP contribution < -0.4 is 38.2 Å². The van der Waals surface area contributed by atoms with Gasteiger partial charge in [-0.25, -0.2) is 15.0 Å². The third-order valence-electron chi connectivity index (χ3n) is 9.44. The smallest absolute Gasteiger partial charge is 0.164 e. The molecular formula is C40H20B8N4O. The minimum absolute atomic E-state index is 0.172. The molecule has 3 aromatic heterocycles. The molecule has 0 aliphatic rings. The van der Waals surface area contributed by atoms with Gasteiger partial charge in [-0.2, -0.15) is 0 Å². The van der Waals surface area contributed by atoms with E-state index in [1.807, 2.05) is 102 Å². The maximum Gasteiger partial charge on any atom is 0.164 e. The van der Waals surface area contributed by atoms with Gasteiger partial charge >= 0.3 is 0 Å². The number of fused-ring (bicyclic) bond motifs is 6. The molecule has 0 saturated heterocycles. The molecule has 6 aromatic carbocycles. The van der Waals surface area contributed by atoms with Gasteiger partial charge in [0.15, 0.2) is 17.5 Å². The van der Waals surface area contributed by atoms with Crippen molar-refractivity contribution in [3.05, 3.63) is 103 Å². The molecule has 0 spiro atoms. The van der Waals surface area contributed by atoms with Gasteiger partial charge in [-0.05, 0) is 47.2 Å². The Labute approximate surface area is 317 Å². The molecule has 0 aliphatic carbocycles. The van der Waals surface area contributed by atoms with Crippen LogP contribution in [0.25, 0.3) is 83.6 Å². The molecule has 16 radical (unpaired) electrons. The van der Waals surface area contributed by atoms with Crippen LogP contribution in [-0.4, -0.2) is 82.3 Å². The van der Waals surface area contributed by atoms with E-state index in [0.29, 0.717) is 55.9 Å². The van der Waals surface area contributed by atoms with Crippen molar-refractivity contribution in [3.8, 4) is 39.9 Å². The Morgan fingerprint density at radius 1 is 0.472 bits per heavy atom. The summed E-state index contributed by atoms with van der Waals surface area (Å²) in [6.45, 7) is 1.50. The van der Waals surface area contributed by atoms with Gasteiger partial charge in [-0.15, -0.1) is 21.9 Å². The number of hydrogen-bond donors (Lipinski definition) is 0. The number of hydrogen-bond acceptors (Lipinski definition) is 4. The molecule has 5 nitrogen and oxygen atoms in total. The summed E-state index contributed by atoms with van der Waals surface area (Å²) in [5.41, 5.74) is 7.50. The molecule has 13 heteroatoms. The van der Waals surface area contributed by atoms with Crippen LogP contribution in [0.5, 0.6) is 0 Å². The van der Waals surface area contributed by atoms with E-state index in [1.54, 1.807) is 6.07 Å². The number of nitrogens with zero attached hydrogens (tertiary/aromatic N) is 4. The van der Waals surface area contributed by atoms with Crippen LogP contribution in [0.3, 0.4) is 0 Å². The monoisotopic (exact) mass is 660 g/mol. The van der Waals surface area contributed by atoms with Crippen molar-refractivity contribution in [2.75, 3.05) is 0 Å². The number of rotatable bonds is 4. The fourth-order valence-corrected chi connectivity index (χ4v) is 6.83. The van der Waals surface area contributed by atoms with Crippen LogP contribution in [0, 0.1) is 0 Å². The summed E-state index contributed by atoms with van der Waals surface area (Å²) >= 11 is 0. The van der Waals surface area contributed by atoms with Crippen LogP contribution in [0.1, 0.15) is 0 Å². The fraction of sp³-hybridized carbons (Fsp3) is 0.0250. The lowest BCUT2D eigenvalue weighted by Gasteiger charge is -2.16. The van der Waals surface area contributed by atoms with E-state index >= 15 is 0 Å². The Morgan fingerprint density at radius 2 is 1.04 bits per heavy atom. The predicted molar refractivity (Wildman–Crippen MR) is 227 cm³/mol. The van der Waals surface area contributed by atoms with Crippen molar-refractivity contribution >= 4 is 145 Å². The van der Waals surface area contributed by atoms with Gasteiger partial charge in [0.05, 0.1) is 13.4 Å². The summed E-state index contributed by atoms with van der Waals surface area (Å²) in [6, 6.07) is 33.2. The highest BCUT2D eigenvalue weighted by Gasteiger charge is 2.22. The Bertz CT molecular complexity index is 2830. The van der Waals surface area contributed by atoms with Crippen molar-refractivity contribution in [1.29, 1.82) is 0 Å². The van der Waals surface area contributed by atoms with E-state index in [1.165, 1.54) is 6.82 Å². The average molecular weight is 659 g/mol. The maximum atomic E-state index is 6.65. The summed E-state index contributed by atoms with van der Waals surface area (Å²) in [5, 5.41) is 2.87. The molecule has 53 heavy (non-hydrogen) atoms. The van der Waals surface area contributed by atoms with E-state index in [0.717, 1.165) is 33.2 Å². The Hall–Kier alpha value is -5.55.